The molecule has 9 heteroatoms. The first kappa shape index (κ1) is 18.1. The van der Waals surface area contributed by atoms with Gasteiger partial charge in [-0.1, -0.05) is 0 Å². The number of aliphatic hydroxyl groups excluding tert-OH is 2. The lowest BCUT2D eigenvalue weighted by Crippen LogP contribution is -2.53. The van der Waals surface area contributed by atoms with E-state index in [-0.39, 0.29) is 0 Å². The number of methoxy groups -OCH3 is 1. The molecule has 0 heterocycles. The molecule has 0 fully saturated rings. The maximum Gasteiger partial charge on any atom is 0.410 e. The fourth-order valence-corrected chi connectivity index (χ4v) is 1.06. The molecule has 116 valence electrons. The molecule has 0 aliphatic carbocycles. The third kappa shape index (κ3) is 6.90. The number of hydrogen-bond donors (Lipinski definition) is 4. The van der Waals surface area contributed by atoms with Crippen molar-refractivity contribution >= 4 is 18.0 Å². The Morgan fingerprint density at radius 2 is 1.75 bits per heavy atom. The molecular weight excluding hydrogens is 272 g/mol. The number of ether oxygens (including phenoxy) is 2. The van der Waals surface area contributed by atoms with Gasteiger partial charge in [0.25, 0.3) is 5.91 Å². The number of hydrogen-bond acceptors (Lipinski definition) is 7. The molecule has 0 spiro atoms. The Morgan fingerprint density at radius 1 is 1.20 bits per heavy atom. The van der Waals surface area contributed by atoms with Crippen LogP contribution >= 0.6 is 0 Å². The topological polar surface area (TPSA) is 134 Å². The lowest BCUT2D eigenvalue weighted by atomic mass is 10.2. The summed E-state index contributed by atoms with van der Waals surface area (Å²) in [5.74, 6) is -1.97. The molecule has 0 aromatic carbocycles. The first-order chi connectivity index (χ1) is 9.10. The highest BCUT2D eigenvalue weighted by molar-refractivity contribution is 5.88. The van der Waals surface area contributed by atoms with Crippen molar-refractivity contribution in [1.29, 1.82) is 0 Å². The minimum absolute atomic E-state index is 0.711. The molecule has 4 N–H and O–H groups in total. The van der Waals surface area contributed by atoms with Crippen LogP contribution in [0, 0.1) is 0 Å². The summed E-state index contributed by atoms with van der Waals surface area (Å²) in [6.45, 7) is 4.12. The van der Waals surface area contributed by atoms with Gasteiger partial charge in [0.2, 0.25) is 6.23 Å². The highest BCUT2D eigenvalue weighted by atomic mass is 16.6. The van der Waals surface area contributed by atoms with Crippen molar-refractivity contribution in [3.63, 3.8) is 0 Å². The fraction of sp³-hybridized carbons (Fsp3) is 0.727. The maximum absolute atomic E-state index is 11.5. The Bertz CT molecular complexity index is 364. The number of aliphatic hydroxyl groups is 2. The van der Waals surface area contributed by atoms with Gasteiger partial charge in [-0.25, -0.2) is 9.59 Å². The second kappa shape index (κ2) is 7.65. The van der Waals surface area contributed by atoms with E-state index in [1.807, 2.05) is 10.6 Å². The van der Waals surface area contributed by atoms with Gasteiger partial charge in [-0.2, -0.15) is 0 Å². The molecule has 0 aliphatic rings. The van der Waals surface area contributed by atoms with E-state index in [4.69, 9.17) is 9.84 Å². The van der Waals surface area contributed by atoms with Crippen LogP contribution in [-0.4, -0.2) is 59.8 Å². The van der Waals surface area contributed by atoms with Crippen molar-refractivity contribution in [3.05, 3.63) is 0 Å². The van der Waals surface area contributed by atoms with Crippen LogP contribution in [0.1, 0.15) is 20.8 Å². The van der Waals surface area contributed by atoms with Gasteiger partial charge < -0.3 is 25.0 Å². The quantitative estimate of drug-likeness (QED) is 0.357. The van der Waals surface area contributed by atoms with Crippen LogP contribution < -0.4 is 10.6 Å². The van der Waals surface area contributed by atoms with Crippen molar-refractivity contribution < 1.29 is 34.1 Å². The molecule has 0 aromatic rings. The normalized spacial score (nSPS) is 13.9. The van der Waals surface area contributed by atoms with Crippen molar-refractivity contribution in [2.45, 2.75) is 38.6 Å². The van der Waals surface area contributed by atoms with Crippen LogP contribution in [-0.2, 0) is 19.1 Å². The summed E-state index contributed by atoms with van der Waals surface area (Å²) >= 11 is 0. The number of carbonyl (C=O) groups is 3. The van der Waals surface area contributed by atoms with Crippen LogP contribution in [0.4, 0.5) is 4.79 Å². The first-order valence-corrected chi connectivity index (χ1v) is 5.77. The average Bonchev–Trinajstić information content (AvgIpc) is 2.31. The fourth-order valence-electron chi connectivity index (χ4n) is 1.06. The van der Waals surface area contributed by atoms with E-state index >= 15 is 0 Å². The number of alkyl carbamates (subject to hydrolysis) is 1. The van der Waals surface area contributed by atoms with Gasteiger partial charge >= 0.3 is 12.1 Å². The molecule has 2 unspecified atom stereocenters. The van der Waals surface area contributed by atoms with Gasteiger partial charge in [0.15, 0.2) is 6.04 Å². The minimum atomic E-state index is -1.93. The molecule has 0 saturated carbocycles. The zero-order chi connectivity index (χ0) is 15.9. The summed E-state index contributed by atoms with van der Waals surface area (Å²) in [6.07, 6.45) is -2.93. The highest BCUT2D eigenvalue weighted by Gasteiger charge is 2.26. The SMILES string of the molecule is COC(=O)C(CO)NC(=O)C(O)NC(=O)OC(C)(C)C. The Kier molecular flexibility index (Phi) is 6.94. The lowest BCUT2D eigenvalue weighted by Gasteiger charge is -2.22. The molecule has 9 nitrogen and oxygen atoms in total. The van der Waals surface area contributed by atoms with Crippen molar-refractivity contribution in [1.82, 2.24) is 10.6 Å². The van der Waals surface area contributed by atoms with Gasteiger partial charge in [0.05, 0.1) is 13.7 Å². The summed E-state index contributed by atoms with van der Waals surface area (Å²) in [4.78, 5) is 33.9. The van der Waals surface area contributed by atoms with Gasteiger partial charge in [-0.3, -0.25) is 10.1 Å². The Balaban J connectivity index is 4.41. The molecule has 0 aromatic heterocycles. The lowest BCUT2D eigenvalue weighted by molar-refractivity contribution is -0.147. The van der Waals surface area contributed by atoms with Crippen LogP contribution in [0.15, 0.2) is 0 Å². The summed E-state index contributed by atoms with van der Waals surface area (Å²) in [7, 11) is 1.08. The molecular formula is C11H20N2O7. The van der Waals surface area contributed by atoms with Crippen LogP contribution in [0.3, 0.4) is 0 Å². The highest BCUT2D eigenvalue weighted by Crippen LogP contribution is 2.06. The van der Waals surface area contributed by atoms with E-state index in [0.29, 0.717) is 0 Å². The molecule has 0 aliphatic heterocycles. The third-order valence-electron chi connectivity index (χ3n) is 1.89. The van der Waals surface area contributed by atoms with Crippen LogP contribution in [0.5, 0.6) is 0 Å². The molecule has 0 saturated heterocycles. The van der Waals surface area contributed by atoms with E-state index in [2.05, 4.69) is 4.74 Å². The zero-order valence-corrected chi connectivity index (χ0v) is 11.8. The van der Waals surface area contributed by atoms with Gasteiger partial charge in [0, 0.05) is 0 Å². The monoisotopic (exact) mass is 292 g/mol. The smallest absolute Gasteiger partial charge is 0.410 e. The van der Waals surface area contributed by atoms with Crippen LogP contribution in [0.2, 0.25) is 0 Å². The number of nitrogens with one attached hydrogen (secondary N) is 2. The number of rotatable bonds is 5. The second-order valence-corrected chi connectivity index (χ2v) is 4.82. The summed E-state index contributed by atoms with van der Waals surface area (Å²) < 4.78 is 9.15. The van der Waals surface area contributed by atoms with Crippen molar-refractivity contribution in [2.24, 2.45) is 0 Å². The molecule has 2 atom stereocenters. The summed E-state index contributed by atoms with van der Waals surface area (Å²) in [6, 6.07) is -1.33. The predicted molar refractivity (Wildman–Crippen MR) is 66.4 cm³/mol. The molecule has 0 bridgehead atoms. The largest absolute Gasteiger partial charge is 0.467 e. The van der Waals surface area contributed by atoms with E-state index in [9.17, 15) is 19.5 Å². The molecule has 0 radical (unpaired) electrons. The zero-order valence-electron chi connectivity index (χ0n) is 11.8. The minimum Gasteiger partial charge on any atom is -0.467 e. The Labute approximate surface area is 116 Å². The van der Waals surface area contributed by atoms with E-state index in [0.717, 1.165) is 7.11 Å². The Hall–Kier alpha value is -1.87. The van der Waals surface area contributed by atoms with E-state index in [1.165, 1.54) is 0 Å². The van der Waals surface area contributed by atoms with Gasteiger partial charge in [0.1, 0.15) is 5.60 Å². The number of amides is 2. The summed E-state index contributed by atoms with van der Waals surface area (Å²) in [5, 5.41) is 22.2. The predicted octanol–water partition coefficient (Wildman–Crippen LogP) is -1.52. The number of esters is 1. The van der Waals surface area contributed by atoms with E-state index in [1.54, 1.807) is 20.8 Å². The summed E-state index contributed by atoms with van der Waals surface area (Å²) in [5.41, 5.74) is -0.792. The average molecular weight is 292 g/mol. The maximum atomic E-state index is 11.5. The second-order valence-electron chi connectivity index (χ2n) is 4.82. The van der Waals surface area contributed by atoms with Crippen molar-refractivity contribution in [2.75, 3.05) is 13.7 Å². The van der Waals surface area contributed by atoms with Gasteiger partial charge in [-0.05, 0) is 20.8 Å². The molecule has 0 rings (SSSR count). The van der Waals surface area contributed by atoms with Crippen LogP contribution in [0.25, 0.3) is 0 Å². The molecule has 20 heavy (non-hydrogen) atoms. The first-order valence-electron chi connectivity index (χ1n) is 5.77. The number of carbonyl (C=O) groups excluding carboxylic acids is 3. The standard InChI is InChI=1S/C11H20N2O7/c1-11(2,3)20-10(18)13-8(16)7(15)12-6(5-14)9(17)19-4/h6,8,14,16H,5H2,1-4H3,(H,12,15)(H,13,18). The van der Waals surface area contributed by atoms with Gasteiger partial charge in [-0.15, -0.1) is 0 Å². The van der Waals surface area contributed by atoms with E-state index < -0.39 is 42.4 Å². The molecule has 2 amide bonds. The van der Waals surface area contributed by atoms with Crippen molar-refractivity contribution in [3.8, 4) is 0 Å². The third-order valence-corrected chi connectivity index (χ3v) is 1.89. The Morgan fingerprint density at radius 3 is 2.15 bits per heavy atom.